The maximum Gasteiger partial charge on any atom is 0.573 e. The standard InChI is InChI=1S/C10H6ClF3O2/c11-6-3-7-15-8-4-1-2-5-9(8)16-10(12,13)14/h1-2,4-5H,7H2. The van der Waals surface area contributed by atoms with Crippen LogP contribution in [0.4, 0.5) is 13.2 Å². The second-order valence-corrected chi connectivity index (χ2v) is 2.74. The third kappa shape index (κ3) is 4.32. The molecule has 0 heterocycles. The van der Waals surface area contributed by atoms with Crippen LogP contribution < -0.4 is 9.47 Å². The largest absolute Gasteiger partial charge is 0.573 e. The van der Waals surface area contributed by atoms with Crippen LogP contribution in [-0.4, -0.2) is 13.0 Å². The van der Waals surface area contributed by atoms with Crippen molar-refractivity contribution in [2.24, 2.45) is 0 Å². The molecule has 0 aliphatic rings. The number of halogens is 4. The van der Waals surface area contributed by atoms with Gasteiger partial charge in [-0.1, -0.05) is 12.1 Å². The zero-order valence-corrected chi connectivity index (χ0v) is 8.60. The number of hydrogen-bond donors (Lipinski definition) is 0. The number of hydrogen-bond acceptors (Lipinski definition) is 2. The van der Waals surface area contributed by atoms with Gasteiger partial charge in [0, 0.05) is 5.38 Å². The van der Waals surface area contributed by atoms with Crippen molar-refractivity contribution in [1.29, 1.82) is 0 Å². The summed E-state index contributed by atoms with van der Waals surface area (Å²) in [5.41, 5.74) is 0. The normalized spacial score (nSPS) is 10.2. The fourth-order valence-electron chi connectivity index (χ4n) is 0.920. The molecule has 0 radical (unpaired) electrons. The summed E-state index contributed by atoms with van der Waals surface area (Å²) in [7, 11) is 0. The monoisotopic (exact) mass is 250 g/mol. The molecule has 0 N–H and O–H groups in total. The molecule has 0 aliphatic carbocycles. The number of benzene rings is 1. The predicted octanol–water partition coefficient (Wildman–Crippen LogP) is 3.16. The van der Waals surface area contributed by atoms with Crippen molar-refractivity contribution in [1.82, 2.24) is 0 Å². The molecule has 6 heteroatoms. The van der Waals surface area contributed by atoms with Crippen LogP contribution in [0.3, 0.4) is 0 Å². The summed E-state index contributed by atoms with van der Waals surface area (Å²) in [4.78, 5) is 0. The lowest BCUT2D eigenvalue weighted by atomic mass is 10.3. The Morgan fingerprint density at radius 2 is 1.81 bits per heavy atom. The fourth-order valence-corrected chi connectivity index (χ4v) is 0.974. The molecular formula is C10H6ClF3O2. The third-order valence-corrected chi connectivity index (χ3v) is 1.58. The van der Waals surface area contributed by atoms with Crippen molar-refractivity contribution < 1.29 is 22.6 Å². The summed E-state index contributed by atoms with van der Waals surface area (Å²) in [6.07, 6.45) is -4.75. The minimum Gasteiger partial charge on any atom is -0.477 e. The molecular weight excluding hydrogens is 245 g/mol. The Bertz CT molecular complexity index is 407. The minimum absolute atomic E-state index is 0.0424. The summed E-state index contributed by atoms with van der Waals surface area (Å²) >= 11 is 5.06. The highest BCUT2D eigenvalue weighted by Gasteiger charge is 2.32. The molecule has 1 aromatic carbocycles. The lowest BCUT2D eigenvalue weighted by Gasteiger charge is -2.12. The second kappa shape index (κ2) is 5.52. The molecule has 1 rings (SSSR count). The molecule has 0 atom stereocenters. The number of rotatable bonds is 3. The van der Waals surface area contributed by atoms with Crippen molar-refractivity contribution in [3.05, 3.63) is 24.3 Å². The smallest absolute Gasteiger partial charge is 0.477 e. The molecule has 1 aromatic rings. The van der Waals surface area contributed by atoms with Crippen molar-refractivity contribution in [2.45, 2.75) is 6.36 Å². The third-order valence-electron chi connectivity index (χ3n) is 1.44. The van der Waals surface area contributed by atoms with Crippen molar-refractivity contribution in [3.8, 4) is 22.8 Å². The Hall–Kier alpha value is -1.54. The van der Waals surface area contributed by atoms with Crippen molar-refractivity contribution in [2.75, 3.05) is 6.61 Å². The van der Waals surface area contributed by atoms with Crippen LogP contribution in [0.25, 0.3) is 0 Å². The van der Waals surface area contributed by atoms with Crippen LogP contribution in [0.2, 0.25) is 0 Å². The van der Waals surface area contributed by atoms with Gasteiger partial charge < -0.3 is 9.47 Å². The summed E-state index contributed by atoms with van der Waals surface area (Å²) in [5.74, 6) is 1.89. The highest BCUT2D eigenvalue weighted by atomic mass is 35.5. The first-order valence-electron chi connectivity index (χ1n) is 4.09. The summed E-state index contributed by atoms with van der Waals surface area (Å²) < 4.78 is 44.6. The van der Waals surface area contributed by atoms with Gasteiger partial charge in [-0.05, 0) is 29.7 Å². The van der Waals surface area contributed by atoms with Gasteiger partial charge in [0.15, 0.2) is 18.1 Å². The molecule has 86 valence electrons. The molecule has 0 saturated heterocycles. The van der Waals surface area contributed by atoms with Gasteiger partial charge in [0.1, 0.15) is 0 Å². The summed E-state index contributed by atoms with van der Waals surface area (Å²) in [5, 5.41) is 2.04. The highest BCUT2D eigenvalue weighted by Crippen LogP contribution is 2.31. The van der Waals surface area contributed by atoms with Gasteiger partial charge in [-0.3, -0.25) is 0 Å². The molecule has 0 saturated carbocycles. The van der Waals surface area contributed by atoms with Gasteiger partial charge in [0.25, 0.3) is 0 Å². The Labute approximate surface area is 94.9 Å². The molecule has 0 aromatic heterocycles. The fraction of sp³-hybridized carbons (Fsp3) is 0.200. The summed E-state index contributed by atoms with van der Waals surface area (Å²) in [6, 6.07) is 5.42. The second-order valence-electron chi connectivity index (χ2n) is 2.55. The van der Waals surface area contributed by atoms with Gasteiger partial charge in [0.2, 0.25) is 0 Å². The molecule has 2 nitrogen and oxygen atoms in total. The van der Waals surface area contributed by atoms with Crippen LogP contribution in [0.1, 0.15) is 0 Å². The first-order chi connectivity index (χ1) is 7.53. The van der Waals surface area contributed by atoms with Crippen LogP contribution in [0.5, 0.6) is 11.5 Å². The van der Waals surface area contributed by atoms with Crippen molar-refractivity contribution in [3.63, 3.8) is 0 Å². The van der Waals surface area contributed by atoms with Gasteiger partial charge in [0.05, 0.1) is 0 Å². The zero-order valence-electron chi connectivity index (χ0n) is 7.84. The van der Waals surface area contributed by atoms with E-state index in [2.05, 4.69) is 10.7 Å². The number of para-hydroxylation sites is 2. The van der Waals surface area contributed by atoms with E-state index in [-0.39, 0.29) is 12.4 Å². The molecule has 0 fully saturated rings. The van der Waals surface area contributed by atoms with Gasteiger partial charge in [-0.2, -0.15) is 0 Å². The lowest BCUT2D eigenvalue weighted by Crippen LogP contribution is -2.17. The van der Waals surface area contributed by atoms with E-state index in [0.29, 0.717) is 0 Å². The Kier molecular flexibility index (Phi) is 4.32. The van der Waals surface area contributed by atoms with E-state index in [1.54, 1.807) is 0 Å². The Balaban J connectivity index is 2.78. The minimum atomic E-state index is -4.75. The predicted molar refractivity (Wildman–Crippen MR) is 52.2 cm³/mol. The number of alkyl halides is 3. The van der Waals surface area contributed by atoms with E-state index >= 15 is 0 Å². The summed E-state index contributed by atoms with van der Waals surface area (Å²) in [6.45, 7) is -0.109. The average molecular weight is 251 g/mol. The average Bonchev–Trinajstić information content (AvgIpc) is 2.19. The van der Waals surface area contributed by atoms with E-state index in [4.69, 9.17) is 16.3 Å². The van der Waals surface area contributed by atoms with Gasteiger partial charge in [-0.25, -0.2) is 0 Å². The molecule has 0 amide bonds. The number of ether oxygens (including phenoxy) is 2. The van der Waals surface area contributed by atoms with E-state index in [0.717, 1.165) is 6.07 Å². The first-order valence-corrected chi connectivity index (χ1v) is 4.47. The molecule has 0 unspecified atom stereocenters. The lowest BCUT2D eigenvalue weighted by molar-refractivity contribution is -0.275. The van der Waals surface area contributed by atoms with E-state index in [1.807, 2.05) is 5.38 Å². The van der Waals surface area contributed by atoms with E-state index in [9.17, 15) is 13.2 Å². The molecule has 0 spiro atoms. The maximum atomic E-state index is 12.0. The van der Waals surface area contributed by atoms with Crippen LogP contribution in [-0.2, 0) is 0 Å². The van der Waals surface area contributed by atoms with Gasteiger partial charge in [-0.15, -0.1) is 13.2 Å². The molecule has 0 bridgehead atoms. The molecule has 16 heavy (non-hydrogen) atoms. The Morgan fingerprint density at radius 3 is 2.38 bits per heavy atom. The van der Waals surface area contributed by atoms with E-state index in [1.165, 1.54) is 18.2 Å². The molecule has 0 aliphatic heterocycles. The topological polar surface area (TPSA) is 18.5 Å². The highest BCUT2D eigenvalue weighted by molar-refractivity contribution is 6.30. The SMILES string of the molecule is FC(F)(F)Oc1ccccc1OCC#CCl. The van der Waals surface area contributed by atoms with Crippen LogP contribution in [0.15, 0.2) is 24.3 Å². The van der Waals surface area contributed by atoms with Crippen LogP contribution in [0, 0.1) is 11.3 Å². The zero-order chi connectivity index (χ0) is 12.0. The van der Waals surface area contributed by atoms with E-state index < -0.39 is 12.1 Å². The quantitative estimate of drug-likeness (QED) is 0.767. The van der Waals surface area contributed by atoms with Crippen LogP contribution >= 0.6 is 11.6 Å². The maximum absolute atomic E-state index is 12.0. The first kappa shape index (κ1) is 12.5. The van der Waals surface area contributed by atoms with Crippen molar-refractivity contribution >= 4 is 11.6 Å². The van der Waals surface area contributed by atoms with Gasteiger partial charge >= 0.3 is 6.36 Å². The Morgan fingerprint density at radius 1 is 1.19 bits per heavy atom.